The van der Waals surface area contributed by atoms with Crippen molar-refractivity contribution in [3.8, 4) is 22.6 Å². The fourth-order valence-corrected chi connectivity index (χ4v) is 3.74. The van der Waals surface area contributed by atoms with E-state index < -0.39 is 10.3 Å². The SMILES string of the molecule is O=S(=O)=c1nccc(-c2[nH]c(C3CCCC3)nc2-c2ccc(F)cc2)[nH]1. The van der Waals surface area contributed by atoms with Crippen LogP contribution < -0.4 is 0 Å². The topological polar surface area (TPSA) is 91.5 Å². The van der Waals surface area contributed by atoms with E-state index in [9.17, 15) is 12.8 Å². The summed E-state index contributed by atoms with van der Waals surface area (Å²) in [5.74, 6) is 0.922. The van der Waals surface area contributed by atoms with E-state index in [1.54, 1.807) is 18.2 Å². The first-order chi connectivity index (χ1) is 12.6. The third kappa shape index (κ3) is 3.20. The molecule has 26 heavy (non-hydrogen) atoms. The third-order valence-corrected chi connectivity index (χ3v) is 5.21. The van der Waals surface area contributed by atoms with Crippen LogP contribution in [0.3, 0.4) is 0 Å². The Bertz CT molecular complexity index is 1100. The molecular weight excluding hydrogens is 355 g/mol. The van der Waals surface area contributed by atoms with Gasteiger partial charge in [0.1, 0.15) is 11.6 Å². The van der Waals surface area contributed by atoms with E-state index in [-0.39, 0.29) is 10.6 Å². The second-order valence-electron chi connectivity index (χ2n) is 6.36. The van der Waals surface area contributed by atoms with Crippen LogP contribution in [0, 0.1) is 10.6 Å². The van der Waals surface area contributed by atoms with Crippen molar-refractivity contribution in [3.63, 3.8) is 0 Å². The van der Waals surface area contributed by atoms with Gasteiger partial charge in [0.25, 0.3) is 15.1 Å². The molecule has 0 unspecified atom stereocenters. The molecule has 1 fully saturated rings. The van der Waals surface area contributed by atoms with Crippen molar-refractivity contribution in [2.45, 2.75) is 31.6 Å². The quantitative estimate of drug-likeness (QED) is 0.686. The normalized spacial score (nSPS) is 14.7. The lowest BCUT2D eigenvalue weighted by molar-refractivity contribution is 0.623. The Hall–Kier alpha value is -2.74. The van der Waals surface area contributed by atoms with E-state index in [1.165, 1.54) is 31.2 Å². The maximum atomic E-state index is 13.3. The van der Waals surface area contributed by atoms with Crippen molar-refractivity contribution < 1.29 is 12.8 Å². The van der Waals surface area contributed by atoms with Crippen LogP contribution in [0.15, 0.2) is 36.5 Å². The molecule has 134 valence electrons. The van der Waals surface area contributed by atoms with Gasteiger partial charge in [-0.3, -0.25) is 0 Å². The zero-order valence-corrected chi connectivity index (χ0v) is 14.7. The van der Waals surface area contributed by atoms with Crippen LogP contribution in [0.4, 0.5) is 4.39 Å². The lowest BCUT2D eigenvalue weighted by Gasteiger charge is -2.03. The van der Waals surface area contributed by atoms with Crippen LogP contribution in [0.25, 0.3) is 22.6 Å². The molecular formula is C18H17FN4O2S. The number of benzene rings is 1. The second-order valence-corrected chi connectivity index (χ2v) is 7.21. The molecule has 1 saturated carbocycles. The van der Waals surface area contributed by atoms with E-state index in [0.29, 0.717) is 23.0 Å². The van der Waals surface area contributed by atoms with Crippen molar-refractivity contribution in [3.05, 3.63) is 52.9 Å². The predicted molar refractivity (Wildman–Crippen MR) is 94.9 cm³/mol. The number of nitrogens with zero attached hydrogens (tertiary/aromatic N) is 2. The molecule has 0 radical (unpaired) electrons. The fourth-order valence-electron chi connectivity index (χ4n) is 3.39. The van der Waals surface area contributed by atoms with Crippen LogP contribution in [0.2, 0.25) is 0 Å². The number of halogens is 1. The van der Waals surface area contributed by atoms with Crippen LogP contribution in [0.1, 0.15) is 37.4 Å². The number of hydrogen-bond donors (Lipinski definition) is 2. The molecule has 1 aromatic carbocycles. The molecule has 8 heteroatoms. The van der Waals surface area contributed by atoms with Gasteiger partial charge in [0.05, 0.1) is 17.1 Å². The summed E-state index contributed by atoms with van der Waals surface area (Å²) >= 11 is 0. The van der Waals surface area contributed by atoms with Crippen molar-refractivity contribution in [2.24, 2.45) is 0 Å². The zero-order valence-electron chi connectivity index (χ0n) is 13.9. The molecule has 0 saturated heterocycles. The maximum Gasteiger partial charge on any atom is 0.258 e. The highest BCUT2D eigenvalue weighted by Crippen LogP contribution is 2.37. The summed E-state index contributed by atoms with van der Waals surface area (Å²) < 4.78 is 35.6. The molecule has 0 amide bonds. The number of aromatic amines is 2. The summed E-state index contributed by atoms with van der Waals surface area (Å²) in [6.07, 6.45) is 5.93. The van der Waals surface area contributed by atoms with Crippen LogP contribution in [-0.2, 0) is 10.3 Å². The van der Waals surface area contributed by atoms with Crippen molar-refractivity contribution in [2.75, 3.05) is 0 Å². The molecule has 4 rings (SSSR count). The minimum atomic E-state index is -2.46. The third-order valence-electron chi connectivity index (χ3n) is 4.68. The highest BCUT2D eigenvalue weighted by atomic mass is 32.2. The molecule has 0 spiro atoms. The van der Waals surface area contributed by atoms with Gasteiger partial charge in [0, 0.05) is 17.7 Å². The number of H-pyrrole nitrogens is 2. The smallest absolute Gasteiger partial charge is 0.258 e. The monoisotopic (exact) mass is 372 g/mol. The summed E-state index contributed by atoms with van der Waals surface area (Å²) in [5, 5.41) is 0. The van der Waals surface area contributed by atoms with Gasteiger partial charge < -0.3 is 9.97 Å². The lowest BCUT2D eigenvalue weighted by atomic mass is 10.1. The molecule has 6 nitrogen and oxygen atoms in total. The van der Waals surface area contributed by atoms with E-state index in [2.05, 4.69) is 15.0 Å². The first-order valence-electron chi connectivity index (χ1n) is 8.45. The Morgan fingerprint density at radius 2 is 1.77 bits per heavy atom. The van der Waals surface area contributed by atoms with E-state index in [0.717, 1.165) is 24.2 Å². The van der Waals surface area contributed by atoms with Gasteiger partial charge in [0.2, 0.25) is 0 Å². The number of imidazole rings is 1. The van der Waals surface area contributed by atoms with Gasteiger partial charge >= 0.3 is 0 Å². The van der Waals surface area contributed by atoms with E-state index in [1.807, 2.05) is 0 Å². The molecule has 2 aromatic heterocycles. The van der Waals surface area contributed by atoms with Gasteiger partial charge in [-0.2, -0.15) is 8.42 Å². The summed E-state index contributed by atoms with van der Waals surface area (Å²) in [6, 6.07) is 7.80. The minimum absolute atomic E-state index is 0.149. The van der Waals surface area contributed by atoms with E-state index >= 15 is 0 Å². The summed E-state index contributed by atoms with van der Waals surface area (Å²) in [4.78, 5) is 14.8. The van der Waals surface area contributed by atoms with Gasteiger partial charge in [0.15, 0.2) is 0 Å². The summed E-state index contributed by atoms with van der Waals surface area (Å²) in [7, 11) is -2.46. The number of hydrogen-bond acceptors (Lipinski definition) is 4. The average Bonchev–Trinajstić information content (AvgIpc) is 3.32. The average molecular weight is 372 g/mol. The van der Waals surface area contributed by atoms with E-state index in [4.69, 9.17) is 4.98 Å². The lowest BCUT2D eigenvalue weighted by Crippen LogP contribution is -1.95. The Kier molecular flexibility index (Phi) is 4.42. The highest BCUT2D eigenvalue weighted by molar-refractivity contribution is 7.63. The Morgan fingerprint density at radius 1 is 1.04 bits per heavy atom. The van der Waals surface area contributed by atoms with Crippen LogP contribution in [-0.4, -0.2) is 28.4 Å². The van der Waals surface area contributed by atoms with Crippen molar-refractivity contribution in [1.29, 1.82) is 0 Å². The number of aromatic nitrogens is 4. The number of nitrogens with one attached hydrogen (secondary N) is 2. The molecule has 3 aromatic rings. The van der Waals surface area contributed by atoms with Crippen LogP contribution >= 0.6 is 0 Å². The number of rotatable bonds is 3. The van der Waals surface area contributed by atoms with Gasteiger partial charge in [-0.05, 0) is 43.2 Å². The summed E-state index contributed by atoms with van der Waals surface area (Å²) in [5.41, 5.74) is 2.66. The standard InChI is InChI=1S/C18H17FN4O2S/c19-13-7-5-11(6-8-13)15-16(14-9-10-20-18(21-14)26(24)25)23-17(22-15)12-3-1-2-4-12/h5-10,12,21H,1-4H2,(H,22,23). The highest BCUT2D eigenvalue weighted by Gasteiger charge is 2.23. The Labute approximate surface area is 150 Å². The molecule has 0 atom stereocenters. The van der Waals surface area contributed by atoms with Gasteiger partial charge in [-0.15, -0.1) is 0 Å². The molecule has 2 N–H and O–H groups in total. The predicted octanol–water partition coefficient (Wildman–Crippen LogP) is 3.67. The minimum Gasteiger partial charge on any atom is -0.340 e. The van der Waals surface area contributed by atoms with Crippen molar-refractivity contribution in [1.82, 2.24) is 19.9 Å². The molecule has 1 aliphatic rings. The van der Waals surface area contributed by atoms with Crippen LogP contribution in [0.5, 0.6) is 0 Å². The maximum absolute atomic E-state index is 13.3. The Balaban J connectivity index is 1.90. The molecule has 2 heterocycles. The molecule has 1 aliphatic carbocycles. The molecule has 0 bridgehead atoms. The second kappa shape index (κ2) is 6.87. The first kappa shape index (κ1) is 16.7. The fraction of sp³-hybridized carbons (Fsp3) is 0.278. The Morgan fingerprint density at radius 3 is 2.46 bits per heavy atom. The van der Waals surface area contributed by atoms with Gasteiger partial charge in [-0.1, -0.05) is 12.8 Å². The van der Waals surface area contributed by atoms with Crippen molar-refractivity contribution >= 4 is 10.3 Å². The largest absolute Gasteiger partial charge is 0.340 e. The summed E-state index contributed by atoms with van der Waals surface area (Å²) in [6.45, 7) is 0. The first-order valence-corrected chi connectivity index (χ1v) is 9.53. The zero-order chi connectivity index (χ0) is 18.1. The van der Waals surface area contributed by atoms with Gasteiger partial charge in [-0.25, -0.2) is 14.4 Å². The molecule has 0 aliphatic heterocycles.